The van der Waals surface area contributed by atoms with E-state index in [0.29, 0.717) is 19.3 Å². The van der Waals surface area contributed by atoms with Crippen LogP contribution in [0.4, 0.5) is 0 Å². The number of esters is 1. The van der Waals surface area contributed by atoms with Crippen LogP contribution in [0.5, 0.6) is 0 Å². The maximum absolute atomic E-state index is 13.2. The molecule has 0 aromatic rings. The zero-order valence-electron chi connectivity index (χ0n) is 39.6. The second-order valence-electron chi connectivity index (χ2n) is 17.2. The molecular formula is C54H97NO5. The summed E-state index contributed by atoms with van der Waals surface area (Å²) in [6, 6.07) is -0.709. The number of carbonyl (C=O) groups excluding carboxylic acids is 2. The van der Waals surface area contributed by atoms with Gasteiger partial charge in [0.05, 0.1) is 25.2 Å². The predicted molar refractivity (Wildman–Crippen MR) is 259 cm³/mol. The molecule has 3 unspecified atom stereocenters. The third-order valence-corrected chi connectivity index (χ3v) is 11.3. The molecule has 0 aromatic heterocycles. The van der Waals surface area contributed by atoms with Crippen molar-refractivity contribution in [3.8, 4) is 0 Å². The molecule has 0 bridgehead atoms. The molecule has 0 heterocycles. The standard InChI is InChI=1S/C54H97NO5/c1-4-7-10-13-16-19-22-24-26-27-28-29-31-33-36-39-42-45-50(60-54(59)47-44-41-38-35-32-30-25-23-20-17-14-11-8-5-2)48-53(58)55-51(49-56)52(57)46-43-40-37-34-21-18-15-12-9-6-3/h8,11,16-17,19-20,24-26,30,50-52,56-57H,4-7,9-10,12-15,18,21-23,27-29,31-49H2,1-3H3,(H,55,58)/b11-8+,19-16-,20-17+,26-24-,30-25+. The number of ether oxygens (including phenoxy) is 1. The Bertz CT molecular complexity index is 1080. The van der Waals surface area contributed by atoms with Crippen molar-refractivity contribution in [2.24, 2.45) is 0 Å². The summed E-state index contributed by atoms with van der Waals surface area (Å²) >= 11 is 0. The second-order valence-corrected chi connectivity index (χ2v) is 17.2. The minimum atomic E-state index is -0.794. The van der Waals surface area contributed by atoms with E-state index in [1.165, 1.54) is 96.3 Å². The lowest BCUT2D eigenvalue weighted by atomic mass is 10.0. The van der Waals surface area contributed by atoms with Crippen LogP contribution in [0.1, 0.15) is 245 Å². The first-order valence-electron chi connectivity index (χ1n) is 25.5. The molecule has 0 radical (unpaired) electrons. The molecule has 60 heavy (non-hydrogen) atoms. The van der Waals surface area contributed by atoms with Gasteiger partial charge in [0, 0.05) is 6.42 Å². The maximum Gasteiger partial charge on any atom is 0.306 e. The third kappa shape index (κ3) is 42.3. The van der Waals surface area contributed by atoms with Crippen LogP contribution in [0.25, 0.3) is 0 Å². The van der Waals surface area contributed by atoms with Gasteiger partial charge in [0.2, 0.25) is 5.91 Å². The van der Waals surface area contributed by atoms with Crippen LogP contribution >= 0.6 is 0 Å². The van der Waals surface area contributed by atoms with Crippen molar-refractivity contribution in [3.63, 3.8) is 0 Å². The highest BCUT2D eigenvalue weighted by Gasteiger charge is 2.24. The lowest BCUT2D eigenvalue weighted by Crippen LogP contribution is -2.46. The van der Waals surface area contributed by atoms with Crippen LogP contribution in [0.2, 0.25) is 0 Å². The Morgan fingerprint density at radius 2 is 0.900 bits per heavy atom. The lowest BCUT2D eigenvalue weighted by Gasteiger charge is -2.24. The van der Waals surface area contributed by atoms with Gasteiger partial charge in [-0.05, 0) is 89.9 Å². The second kappa shape index (κ2) is 47.6. The Morgan fingerprint density at radius 3 is 1.40 bits per heavy atom. The Morgan fingerprint density at radius 1 is 0.500 bits per heavy atom. The monoisotopic (exact) mass is 840 g/mol. The van der Waals surface area contributed by atoms with Crippen LogP contribution in [-0.4, -0.2) is 46.9 Å². The number of rotatable bonds is 45. The van der Waals surface area contributed by atoms with Gasteiger partial charge in [-0.15, -0.1) is 0 Å². The van der Waals surface area contributed by atoms with Gasteiger partial charge in [-0.1, -0.05) is 204 Å². The van der Waals surface area contributed by atoms with Gasteiger partial charge in [-0.2, -0.15) is 0 Å². The first-order chi connectivity index (χ1) is 29.5. The van der Waals surface area contributed by atoms with Crippen molar-refractivity contribution in [2.45, 2.75) is 264 Å². The molecule has 0 saturated carbocycles. The normalized spacial score (nSPS) is 13.8. The van der Waals surface area contributed by atoms with Gasteiger partial charge < -0.3 is 20.3 Å². The largest absolute Gasteiger partial charge is 0.462 e. The van der Waals surface area contributed by atoms with Crippen LogP contribution in [0, 0.1) is 0 Å². The maximum atomic E-state index is 13.2. The molecule has 0 spiro atoms. The summed E-state index contributed by atoms with van der Waals surface area (Å²) in [7, 11) is 0. The first-order valence-corrected chi connectivity index (χ1v) is 25.5. The zero-order valence-corrected chi connectivity index (χ0v) is 39.6. The number of aliphatic hydroxyl groups is 2. The molecule has 348 valence electrons. The molecule has 6 nitrogen and oxygen atoms in total. The lowest BCUT2D eigenvalue weighted by molar-refractivity contribution is -0.151. The summed E-state index contributed by atoms with van der Waals surface area (Å²) < 4.78 is 5.92. The fourth-order valence-corrected chi connectivity index (χ4v) is 7.47. The molecule has 0 aliphatic heterocycles. The number of carbonyl (C=O) groups is 2. The van der Waals surface area contributed by atoms with Crippen molar-refractivity contribution in [3.05, 3.63) is 60.8 Å². The zero-order chi connectivity index (χ0) is 43.8. The van der Waals surface area contributed by atoms with E-state index in [2.05, 4.69) is 86.8 Å². The van der Waals surface area contributed by atoms with Gasteiger partial charge in [-0.25, -0.2) is 0 Å². The van der Waals surface area contributed by atoms with Crippen molar-refractivity contribution in [1.29, 1.82) is 0 Å². The topological polar surface area (TPSA) is 95.9 Å². The summed E-state index contributed by atoms with van der Waals surface area (Å²) in [5.41, 5.74) is 0. The summed E-state index contributed by atoms with van der Waals surface area (Å²) in [6.45, 7) is 6.33. The molecule has 3 N–H and O–H groups in total. The smallest absolute Gasteiger partial charge is 0.306 e. The molecule has 6 heteroatoms. The van der Waals surface area contributed by atoms with Crippen molar-refractivity contribution < 1.29 is 24.5 Å². The molecule has 0 rings (SSSR count). The van der Waals surface area contributed by atoms with E-state index in [4.69, 9.17) is 4.74 Å². The number of unbranched alkanes of at least 4 members (excludes halogenated alkanes) is 23. The highest BCUT2D eigenvalue weighted by molar-refractivity contribution is 5.77. The quantitative estimate of drug-likeness (QED) is 0.0322. The predicted octanol–water partition coefficient (Wildman–Crippen LogP) is 15.2. The van der Waals surface area contributed by atoms with Crippen LogP contribution in [0.3, 0.4) is 0 Å². The number of hydrogen-bond donors (Lipinski definition) is 3. The van der Waals surface area contributed by atoms with Crippen molar-refractivity contribution >= 4 is 11.9 Å². The molecule has 0 aliphatic rings. The van der Waals surface area contributed by atoms with Gasteiger partial charge in [0.15, 0.2) is 0 Å². The summed E-state index contributed by atoms with van der Waals surface area (Å²) in [5, 5.41) is 23.7. The van der Waals surface area contributed by atoms with E-state index in [1.54, 1.807) is 0 Å². The Labute approximate surface area is 371 Å². The molecule has 0 aliphatic carbocycles. The number of aliphatic hydroxyl groups excluding tert-OH is 2. The van der Waals surface area contributed by atoms with Crippen LogP contribution < -0.4 is 5.32 Å². The molecule has 3 atom stereocenters. The number of amides is 1. The van der Waals surface area contributed by atoms with Crippen LogP contribution in [0.15, 0.2) is 60.8 Å². The van der Waals surface area contributed by atoms with Crippen molar-refractivity contribution in [2.75, 3.05) is 6.61 Å². The first kappa shape index (κ1) is 57.6. The minimum absolute atomic E-state index is 0.0619. The van der Waals surface area contributed by atoms with Gasteiger partial charge in [0.25, 0.3) is 0 Å². The summed E-state index contributed by atoms with van der Waals surface area (Å²) in [6.07, 6.45) is 58.5. The molecule has 1 amide bonds. The highest BCUT2D eigenvalue weighted by atomic mass is 16.5. The van der Waals surface area contributed by atoms with Crippen molar-refractivity contribution in [1.82, 2.24) is 5.32 Å². The van der Waals surface area contributed by atoms with E-state index in [0.717, 1.165) is 103 Å². The Balaban J connectivity index is 4.64. The number of hydrogen-bond acceptors (Lipinski definition) is 5. The molecule has 0 saturated heterocycles. The third-order valence-electron chi connectivity index (χ3n) is 11.3. The fraction of sp³-hybridized carbons (Fsp3) is 0.778. The van der Waals surface area contributed by atoms with Crippen LogP contribution in [-0.2, 0) is 14.3 Å². The average molecular weight is 840 g/mol. The van der Waals surface area contributed by atoms with E-state index < -0.39 is 18.2 Å². The van der Waals surface area contributed by atoms with E-state index in [-0.39, 0.29) is 24.9 Å². The van der Waals surface area contributed by atoms with Gasteiger partial charge in [0.1, 0.15) is 6.10 Å². The summed E-state index contributed by atoms with van der Waals surface area (Å²) in [5.74, 6) is -0.507. The highest BCUT2D eigenvalue weighted by Crippen LogP contribution is 2.17. The fourth-order valence-electron chi connectivity index (χ4n) is 7.47. The SMILES string of the molecule is CC/C=C/C/C=C/C/C=C/CCCCCCC(=O)OC(CCCCCCCCC/C=C\C/C=C\CCCCC)CC(=O)NC(CO)C(O)CCCCCCCCCCCC. The number of nitrogens with one attached hydrogen (secondary N) is 1. The van der Waals surface area contributed by atoms with E-state index >= 15 is 0 Å². The van der Waals surface area contributed by atoms with Gasteiger partial charge >= 0.3 is 5.97 Å². The molecule has 0 fully saturated rings. The Hall–Kier alpha value is -2.44. The number of allylic oxidation sites excluding steroid dienone is 10. The van der Waals surface area contributed by atoms with E-state index in [1.807, 2.05) is 0 Å². The minimum Gasteiger partial charge on any atom is -0.462 e. The van der Waals surface area contributed by atoms with E-state index in [9.17, 15) is 19.8 Å². The molecule has 0 aromatic carbocycles. The Kier molecular flexibility index (Phi) is 45.7. The molecular weight excluding hydrogens is 743 g/mol. The average Bonchev–Trinajstić information content (AvgIpc) is 3.24. The van der Waals surface area contributed by atoms with Gasteiger partial charge in [-0.3, -0.25) is 9.59 Å². The summed E-state index contributed by atoms with van der Waals surface area (Å²) in [4.78, 5) is 26.1.